The first-order valence-corrected chi connectivity index (χ1v) is 9.00. The molecule has 2 atom stereocenters. The molecule has 2 unspecified atom stereocenters. The third kappa shape index (κ3) is 3.21. The summed E-state index contributed by atoms with van der Waals surface area (Å²) in [6.07, 6.45) is 3.45. The predicted molar refractivity (Wildman–Crippen MR) is 101 cm³/mol. The van der Waals surface area contributed by atoms with Gasteiger partial charge in [-0.05, 0) is 54.5 Å². The molecule has 24 heavy (non-hydrogen) atoms. The molecule has 0 saturated carbocycles. The van der Waals surface area contributed by atoms with Gasteiger partial charge in [-0.2, -0.15) is 10.2 Å². The van der Waals surface area contributed by atoms with Crippen LogP contribution < -0.4 is 11.5 Å². The molecule has 1 aromatic rings. The Bertz CT molecular complexity index is 657. The highest BCUT2D eigenvalue weighted by Crippen LogP contribution is 2.42. The van der Waals surface area contributed by atoms with Crippen molar-refractivity contribution in [3.63, 3.8) is 0 Å². The van der Waals surface area contributed by atoms with E-state index in [4.69, 9.17) is 11.5 Å². The Morgan fingerprint density at radius 3 is 2.12 bits per heavy atom. The molecule has 2 rings (SSSR count). The first-order valence-electron chi connectivity index (χ1n) is 9.00. The minimum atomic E-state index is -0.475. The van der Waals surface area contributed by atoms with Crippen LogP contribution in [0.15, 0.2) is 63.0 Å². The first-order chi connectivity index (χ1) is 11.5. The molecular formula is C20H30N4. The third-order valence-electron chi connectivity index (χ3n) is 5.14. The van der Waals surface area contributed by atoms with Crippen LogP contribution in [0.2, 0.25) is 0 Å². The van der Waals surface area contributed by atoms with Gasteiger partial charge >= 0.3 is 0 Å². The van der Waals surface area contributed by atoms with E-state index in [1.807, 2.05) is 30.3 Å². The number of nitrogens with two attached hydrogens (primary N) is 2. The zero-order valence-corrected chi connectivity index (χ0v) is 15.3. The summed E-state index contributed by atoms with van der Waals surface area (Å²) in [7, 11) is 0. The molecule has 4 nitrogen and oxygen atoms in total. The fourth-order valence-electron chi connectivity index (χ4n) is 3.73. The van der Waals surface area contributed by atoms with Gasteiger partial charge in [-0.25, -0.2) is 0 Å². The van der Waals surface area contributed by atoms with Gasteiger partial charge in [0.15, 0.2) is 0 Å². The maximum Gasteiger partial charge on any atom is 0.0897 e. The quantitative estimate of drug-likeness (QED) is 0.722. The fourth-order valence-corrected chi connectivity index (χ4v) is 3.73. The van der Waals surface area contributed by atoms with E-state index in [9.17, 15) is 0 Å². The van der Waals surface area contributed by atoms with Crippen LogP contribution >= 0.6 is 0 Å². The summed E-state index contributed by atoms with van der Waals surface area (Å²) < 4.78 is 0. The van der Waals surface area contributed by atoms with Crippen LogP contribution in [0, 0.1) is 0 Å². The molecule has 0 amide bonds. The number of benzene rings is 1. The van der Waals surface area contributed by atoms with E-state index in [2.05, 4.69) is 37.9 Å². The number of rotatable bonds is 6. The molecule has 0 saturated heterocycles. The van der Waals surface area contributed by atoms with E-state index in [1.165, 1.54) is 11.1 Å². The molecule has 0 aromatic heterocycles. The van der Waals surface area contributed by atoms with Crippen LogP contribution in [0.1, 0.15) is 53.4 Å². The lowest BCUT2D eigenvalue weighted by Gasteiger charge is -2.43. The summed E-state index contributed by atoms with van der Waals surface area (Å²) in [5, 5.41) is 9.06. The molecule has 0 radical (unpaired) electrons. The Morgan fingerprint density at radius 1 is 0.958 bits per heavy atom. The van der Waals surface area contributed by atoms with Gasteiger partial charge in [0, 0.05) is 0 Å². The lowest BCUT2D eigenvalue weighted by molar-refractivity contribution is 0.391. The Labute approximate surface area is 145 Å². The van der Waals surface area contributed by atoms with E-state index >= 15 is 0 Å². The van der Waals surface area contributed by atoms with Gasteiger partial charge in [0.25, 0.3) is 0 Å². The monoisotopic (exact) mass is 326 g/mol. The highest BCUT2D eigenvalue weighted by molar-refractivity contribution is 5.51. The number of hydrogen-bond donors (Lipinski definition) is 2. The van der Waals surface area contributed by atoms with Crippen LogP contribution in [0.25, 0.3) is 0 Å². The molecule has 1 aromatic carbocycles. The highest BCUT2D eigenvalue weighted by Gasteiger charge is 2.42. The number of nitrogens with zero attached hydrogens (tertiary/aromatic N) is 2. The average Bonchev–Trinajstić information content (AvgIpc) is 2.62. The van der Waals surface area contributed by atoms with E-state index in [-0.39, 0.29) is 6.04 Å². The second-order valence-electron chi connectivity index (χ2n) is 6.30. The molecule has 1 aliphatic rings. The molecular weight excluding hydrogens is 296 g/mol. The fraction of sp³-hybridized carbons (Fsp3) is 0.500. The van der Waals surface area contributed by atoms with Gasteiger partial charge in [-0.3, -0.25) is 0 Å². The second kappa shape index (κ2) is 7.86. The minimum Gasteiger partial charge on any atom is -0.322 e. The van der Waals surface area contributed by atoms with Crippen molar-refractivity contribution >= 4 is 5.69 Å². The van der Waals surface area contributed by atoms with E-state index in [0.717, 1.165) is 42.6 Å². The van der Waals surface area contributed by atoms with Gasteiger partial charge in [0.2, 0.25) is 0 Å². The zero-order chi connectivity index (χ0) is 17.7. The average molecular weight is 326 g/mol. The molecule has 0 bridgehead atoms. The normalized spacial score (nSPS) is 25.0. The van der Waals surface area contributed by atoms with E-state index in [1.54, 1.807) is 0 Å². The number of allylic oxidation sites excluding steroid dienone is 1. The molecule has 4 heteroatoms. The molecule has 0 fully saturated rings. The van der Waals surface area contributed by atoms with Crippen LogP contribution in [-0.2, 0) is 0 Å². The van der Waals surface area contributed by atoms with Crippen molar-refractivity contribution in [3.05, 3.63) is 52.7 Å². The van der Waals surface area contributed by atoms with Crippen molar-refractivity contribution in [2.75, 3.05) is 0 Å². The topological polar surface area (TPSA) is 76.8 Å². The van der Waals surface area contributed by atoms with E-state index in [0.29, 0.717) is 0 Å². The Kier molecular flexibility index (Phi) is 6.08. The third-order valence-corrected chi connectivity index (χ3v) is 5.14. The molecule has 0 aliphatic heterocycles. The lowest BCUT2D eigenvalue weighted by Crippen LogP contribution is -2.59. The summed E-state index contributed by atoms with van der Waals surface area (Å²) in [6, 6.07) is 9.60. The van der Waals surface area contributed by atoms with Crippen molar-refractivity contribution in [3.8, 4) is 0 Å². The Morgan fingerprint density at radius 2 is 1.62 bits per heavy atom. The molecule has 0 heterocycles. The van der Waals surface area contributed by atoms with Crippen molar-refractivity contribution < 1.29 is 0 Å². The molecule has 1 aliphatic carbocycles. The van der Waals surface area contributed by atoms with Crippen LogP contribution in [0.4, 0.5) is 5.69 Å². The van der Waals surface area contributed by atoms with E-state index < -0.39 is 5.54 Å². The maximum atomic E-state index is 6.77. The SMILES string of the molecule is CCC1=C(CC)C(N)(CC)C(N)C(CC)=C1N=Nc1ccccc1. The van der Waals surface area contributed by atoms with Crippen LogP contribution in [0.5, 0.6) is 0 Å². The van der Waals surface area contributed by atoms with Crippen molar-refractivity contribution in [2.24, 2.45) is 21.7 Å². The number of azo groups is 1. The van der Waals surface area contributed by atoms with Gasteiger partial charge in [0.05, 0.1) is 23.0 Å². The summed E-state index contributed by atoms with van der Waals surface area (Å²) in [5.74, 6) is 0. The summed E-state index contributed by atoms with van der Waals surface area (Å²) in [5.41, 5.74) is 18.3. The summed E-state index contributed by atoms with van der Waals surface area (Å²) >= 11 is 0. The van der Waals surface area contributed by atoms with Gasteiger partial charge in [-0.15, -0.1) is 0 Å². The standard InChI is InChI=1S/C20H30N4/c1-5-15-17(7-3)20(22,8-4)19(21)16(6-2)18(15)24-23-14-12-10-9-11-13-14/h9-13,19H,5-8,21-22H2,1-4H3. The molecule has 130 valence electrons. The maximum absolute atomic E-state index is 6.77. The summed E-state index contributed by atoms with van der Waals surface area (Å²) in [6.45, 7) is 8.54. The van der Waals surface area contributed by atoms with Crippen LogP contribution in [0.3, 0.4) is 0 Å². The van der Waals surface area contributed by atoms with Gasteiger partial charge in [-0.1, -0.05) is 45.9 Å². The molecule has 4 N–H and O–H groups in total. The minimum absolute atomic E-state index is 0.206. The van der Waals surface area contributed by atoms with Crippen molar-refractivity contribution in [1.82, 2.24) is 0 Å². The summed E-state index contributed by atoms with van der Waals surface area (Å²) in [4.78, 5) is 0. The van der Waals surface area contributed by atoms with Gasteiger partial charge in [0.1, 0.15) is 0 Å². The second-order valence-corrected chi connectivity index (χ2v) is 6.30. The Hall–Kier alpha value is -1.78. The smallest absolute Gasteiger partial charge is 0.0897 e. The first kappa shape index (κ1) is 18.6. The molecule has 0 spiro atoms. The predicted octanol–water partition coefficient (Wildman–Crippen LogP) is 5.00. The zero-order valence-electron chi connectivity index (χ0n) is 15.3. The highest BCUT2D eigenvalue weighted by atomic mass is 15.1. The van der Waals surface area contributed by atoms with Gasteiger partial charge < -0.3 is 11.5 Å². The van der Waals surface area contributed by atoms with Crippen LogP contribution in [-0.4, -0.2) is 11.6 Å². The Balaban J connectivity index is 2.59. The lowest BCUT2D eigenvalue weighted by atomic mass is 9.69. The van der Waals surface area contributed by atoms with Crippen molar-refractivity contribution in [2.45, 2.75) is 65.0 Å². The number of hydrogen-bond acceptors (Lipinski definition) is 4. The van der Waals surface area contributed by atoms with Crippen molar-refractivity contribution in [1.29, 1.82) is 0 Å². The largest absolute Gasteiger partial charge is 0.322 e.